The largest absolute Gasteiger partial charge is 0.376 e. The monoisotopic (exact) mass is 346 g/mol. The normalized spacial score (nSPS) is 17.2. The zero-order chi connectivity index (χ0) is 16.9. The molecule has 1 atom stereocenters. The van der Waals surface area contributed by atoms with Crippen LogP contribution >= 0.6 is 11.6 Å². The van der Waals surface area contributed by atoms with E-state index in [-0.39, 0.29) is 5.15 Å². The number of ether oxygens (including phenoxy) is 1. The lowest BCUT2D eigenvalue weighted by Crippen LogP contribution is -2.26. The SMILES string of the molecule is NC(=O)c1cc(Cl)nnc1N1CCC(COCc2ccccc2)C1. The first-order valence-corrected chi connectivity index (χ1v) is 8.21. The summed E-state index contributed by atoms with van der Waals surface area (Å²) in [7, 11) is 0. The molecule has 2 N–H and O–H groups in total. The van der Waals surface area contributed by atoms with Crippen molar-refractivity contribution in [3.8, 4) is 0 Å². The van der Waals surface area contributed by atoms with Crippen molar-refractivity contribution in [2.45, 2.75) is 13.0 Å². The Morgan fingerprint density at radius 1 is 1.33 bits per heavy atom. The van der Waals surface area contributed by atoms with Crippen molar-refractivity contribution in [2.24, 2.45) is 11.7 Å². The fourth-order valence-corrected chi connectivity index (χ4v) is 3.00. The van der Waals surface area contributed by atoms with Gasteiger partial charge in [-0.15, -0.1) is 10.2 Å². The third-order valence-corrected chi connectivity index (χ3v) is 4.25. The highest BCUT2D eigenvalue weighted by atomic mass is 35.5. The van der Waals surface area contributed by atoms with Gasteiger partial charge in [0.05, 0.1) is 18.8 Å². The number of primary amides is 1. The van der Waals surface area contributed by atoms with E-state index in [0.717, 1.165) is 25.1 Å². The average molecular weight is 347 g/mol. The number of nitrogens with zero attached hydrogens (tertiary/aromatic N) is 3. The summed E-state index contributed by atoms with van der Waals surface area (Å²) in [5.41, 5.74) is 6.88. The summed E-state index contributed by atoms with van der Waals surface area (Å²) in [6.45, 7) is 2.81. The lowest BCUT2D eigenvalue weighted by molar-refractivity contribution is 0.0929. The van der Waals surface area contributed by atoms with Crippen molar-refractivity contribution in [1.29, 1.82) is 0 Å². The number of benzene rings is 1. The van der Waals surface area contributed by atoms with Gasteiger partial charge >= 0.3 is 0 Å². The molecule has 1 amide bonds. The van der Waals surface area contributed by atoms with E-state index in [1.54, 1.807) is 0 Å². The van der Waals surface area contributed by atoms with Gasteiger partial charge in [-0.25, -0.2) is 0 Å². The van der Waals surface area contributed by atoms with Gasteiger partial charge in [0.25, 0.3) is 5.91 Å². The molecular formula is C17H19ClN4O2. The van der Waals surface area contributed by atoms with Crippen LogP contribution in [0.5, 0.6) is 0 Å². The number of rotatable bonds is 6. The Labute approximate surface area is 145 Å². The molecule has 126 valence electrons. The van der Waals surface area contributed by atoms with Gasteiger partial charge in [0, 0.05) is 19.0 Å². The number of aromatic nitrogens is 2. The van der Waals surface area contributed by atoms with E-state index in [1.807, 2.05) is 35.2 Å². The number of anilines is 1. The second-order valence-corrected chi connectivity index (χ2v) is 6.26. The number of hydrogen-bond donors (Lipinski definition) is 1. The van der Waals surface area contributed by atoms with Crippen molar-refractivity contribution >= 4 is 23.3 Å². The summed E-state index contributed by atoms with van der Waals surface area (Å²) in [6, 6.07) is 11.5. The minimum atomic E-state index is -0.550. The second kappa shape index (κ2) is 7.59. The van der Waals surface area contributed by atoms with Crippen molar-refractivity contribution in [2.75, 3.05) is 24.6 Å². The number of carbonyl (C=O) groups excluding carboxylic acids is 1. The molecular weight excluding hydrogens is 328 g/mol. The van der Waals surface area contributed by atoms with Crippen molar-refractivity contribution in [3.63, 3.8) is 0 Å². The van der Waals surface area contributed by atoms with E-state index in [1.165, 1.54) is 6.07 Å². The molecule has 24 heavy (non-hydrogen) atoms. The number of halogens is 1. The van der Waals surface area contributed by atoms with Crippen LogP contribution in [0.4, 0.5) is 5.82 Å². The molecule has 0 bridgehead atoms. The molecule has 6 nitrogen and oxygen atoms in total. The standard InChI is InChI=1S/C17H19ClN4O2/c18-15-8-14(16(19)23)17(21-20-15)22-7-6-13(9-22)11-24-10-12-4-2-1-3-5-12/h1-5,8,13H,6-7,9-11H2,(H2,19,23). The Hall–Kier alpha value is -2.18. The van der Waals surface area contributed by atoms with Crippen molar-refractivity contribution in [3.05, 3.63) is 52.7 Å². The van der Waals surface area contributed by atoms with Crippen LogP contribution in [0, 0.1) is 5.92 Å². The predicted octanol–water partition coefficient (Wildman–Crippen LogP) is 2.27. The summed E-state index contributed by atoms with van der Waals surface area (Å²) in [5.74, 6) is 0.329. The number of nitrogens with two attached hydrogens (primary N) is 1. The molecule has 3 rings (SSSR count). The van der Waals surface area contributed by atoms with E-state index in [4.69, 9.17) is 22.1 Å². The van der Waals surface area contributed by atoms with Gasteiger partial charge in [0.1, 0.15) is 0 Å². The quantitative estimate of drug-likeness (QED) is 0.867. The topological polar surface area (TPSA) is 81.3 Å². The zero-order valence-electron chi connectivity index (χ0n) is 13.2. The summed E-state index contributed by atoms with van der Waals surface area (Å²) in [5, 5.41) is 8.04. The fourth-order valence-electron chi connectivity index (χ4n) is 2.86. The zero-order valence-corrected chi connectivity index (χ0v) is 13.9. The smallest absolute Gasteiger partial charge is 0.252 e. The molecule has 2 aromatic rings. The summed E-state index contributed by atoms with van der Waals surface area (Å²) in [4.78, 5) is 13.6. The van der Waals surface area contributed by atoms with Crippen LogP contribution in [0.1, 0.15) is 22.3 Å². The van der Waals surface area contributed by atoms with Crippen LogP contribution in [0.25, 0.3) is 0 Å². The van der Waals surface area contributed by atoms with Gasteiger partial charge in [-0.3, -0.25) is 4.79 Å². The molecule has 1 fully saturated rings. The fraction of sp³-hybridized carbons (Fsp3) is 0.353. The number of amides is 1. The molecule has 1 aliphatic rings. The van der Waals surface area contributed by atoms with Gasteiger partial charge in [0.15, 0.2) is 11.0 Å². The van der Waals surface area contributed by atoms with E-state index >= 15 is 0 Å². The number of carbonyl (C=O) groups is 1. The second-order valence-electron chi connectivity index (χ2n) is 5.87. The number of hydrogen-bond acceptors (Lipinski definition) is 5. The first-order valence-electron chi connectivity index (χ1n) is 7.83. The summed E-state index contributed by atoms with van der Waals surface area (Å²) >= 11 is 5.80. The Bertz CT molecular complexity index is 711. The van der Waals surface area contributed by atoms with E-state index in [0.29, 0.717) is 30.5 Å². The molecule has 0 spiro atoms. The van der Waals surface area contributed by atoms with Crippen molar-refractivity contribution in [1.82, 2.24) is 10.2 Å². The molecule has 1 aromatic heterocycles. The molecule has 1 saturated heterocycles. The van der Waals surface area contributed by atoms with Crippen LogP contribution in [0.2, 0.25) is 5.15 Å². The minimum absolute atomic E-state index is 0.162. The lowest BCUT2D eigenvalue weighted by atomic mass is 10.1. The van der Waals surface area contributed by atoms with Gasteiger partial charge in [-0.2, -0.15) is 0 Å². The summed E-state index contributed by atoms with van der Waals surface area (Å²) < 4.78 is 5.81. The highest BCUT2D eigenvalue weighted by Crippen LogP contribution is 2.26. The first-order chi connectivity index (χ1) is 11.6. The van der Waals surface area contributed by atoms with Crippen molar-refractivity contribution < 1.29 is 9.53 Å². The van der Waals surface area contributed by atoms with Crippen LogP contribution in [0.15, 0.2) is 36.4 Å². The van der Waals surface area contributed by atoms with Crippen LogP contribution < -0.4 is 10.6 Å². The maximum absolute atomic E-state index is 11.6. The molecule has 2 heterocycles. The maximum atomic E-state index is 11.6. The maximum Gasteiger partial charge on any atom is 0.252 e. The third-order valence-electron chi connectivity index (χ3n) is 4.06. The molecule has 0 radical (unpaired) electrons. The molecule has 0 aliphatic carbocycles. The van der Waals surface area contributed by atoms with E-state index in [2.05, 4.69) is 10.2 Å². The Morgan fingerprint density at radius 3 is 2.88 bits per heavy atom. The highest BCUT2D eigenvalue weighted by Gasteiger charge is 2.27. The third kappa shape index (κ3) is 4.01. The molecule has 1 aliphatic heterocycles. The average Bonchev–Trinajstić information content (AvgIpc) is 3.04. The predicted molar refractivity (Wildman–Crippen MR) is 92.0 cm³/mol. The molecule has 0 saturated carbocycles. The Kier molecular flexibility index (Phi) is 5.27. The first kappa shape index (κ1) is 16.7. The van der Waals surface area contributed by atoms with Gasteiger partial charge in [0.2, 0.25) is 0 Å². The van der Waals surface area contributed by atoms with Crippen LogP contribution in [0.3, 0.4) is 0 Å². The molecule has 7 heteroatoms. The van der Waals surface area contributed by atoms with Gasteiger partial charge in [-0.05, 0) is 18.1 Å². The van der Waals surface area contributed by atoms with E-state index in [9.17, 15) is 4.79 Å². The minimum Gasteiger partial charge on any atom is -0.376 e. The van der Waals surface area contributed by atoms with E-state index < -0.39 is 5.91 Å². The van der Waals surface area contributed by atoms with Gasteiger partial charge in [-0.1, -0.05) is 41.9 Å². The van der Waals surface area contributed by atoms with Crippen LogP contribution in [-0.2, 0) is 11.3 Å². The molecule has 1 aromatic carbocycles. The summed E-state index contributed by atoms with van der Waals surface area (Å²) in [6.07, 6.45) is 0.970. The van der Waals surface area contributed by atoms with Crippen LogP contribution in [-0.4, -0.2) is 35.8 Å². The Morgan fingerprint density at radius 2 is 2.12 bits per heavy atom. The Balaban J connectivity index is 1.57. The lowest BCUT2D eigenvalue weighted by Gasteiger charge is -2.19. The molecule has 1 unspecified atom stereocenters. The van der Waals surface area contributed by atoms with Gasteiger partial charge < -0.3 is 15.4 Å². The highest BCUT2D eigenvalue weighted by molar-refractivity contribution is 6.29.